The monoisotopic (exact) mass is 668 g/mol. The van der Waals surface area contributed by atoms with Gasteiger partial charge < -0.3 is 18.9 Å². The lowest BCUT2D eigenvalue weighted by Crippen LogP contribution is -2.32. The molecule has 0 fully saturated rings. The molecule has 0 heterocycles. The molecule has 0 saturated carbocycles. The number of hydrogen-bond acceptors (Lipinski definition) is 12. The molecule has 38 heavy (non-hydrogen) atoms. The van der Waals surface area contributed by atoms with Crippen molar-refractivity contribution in [2.45, 2.75) is 37.3 Å². The normalized spacial score (nSPS) is 12.4. The Hall–Kier alpha value is -3.14. The number of carbonyl (C=O) groups is 4. The van der Waals surface area contributed by atoms with E-state index in [-0.39, 0.29) is 37.6 Å². The van der Waals surface area contributed by atoms with E-state index in [0.717, 1.165) is 6.07 Å². The van der Waals surface area contributed by atoms with Crippen LogP contribution in [0.15, 0.2) is 12.1 Å². The van der Waals surface area contributed by atoms with Crippen LogP contribution in [-0.2, 0) is 38.1 Å². The molecule has 14 nitrogen and oxygen atoms in total. The quantitative estimate of drug-likeness (QED) is 0.0695. The van der Waals surface area contributed by atoms with Crippen LogP contribution in [0, 0.1) is 32.1 Å². The third kappa shape index (κ3) is 7.93. The molecular formula is C22H26Br2N2O12. The fourth-order valence-electron chi connectivity index (χ4n) is 3.33. The lowest BCUT2D eigenvalue weighted by atomic mass is 9.91. The molecule has 1 rings (SSSR count). The number of nitro benzene ring substituents is 2. The molecule has 1 aromatic carbocycles. The number of rotatable bonds is 14. The zero-order valence-corrected chi connectivity index (χ0v) is 24.0. The second kappa shape index (κ2) is 15.3. The molecule has 0 aliphatic rings. The number of alkyl halides is 2. The molecule has 210 valence electrons. The summed E-state index contributed by atoms with van der Waals surface area (Å²) in [7, 11) is 0. The minimum Gasteiger partial charge on any atom is -0.465 e. The Kier molecular flexibility index (Phi) is 13.3. The lowest BCUT2D eigenvalue weighted by Gasteiger charge is -2.23. The van der Waals surface area contributed by atoms with Crippen LogP contribution < -0.4 is 0 Å². The lowest BCUT2D eigenvalue weighted by molar-refractivity contribution is -0.395. The first-order chi connectivity index (χ1) is 17.9. The second-order valence-electron chi connectivity index (χ2n) is 7.25. The van der Waals surface area contributed by atoms with E-state index in [1.807, 2.05) is 0 Å². The van der Waals surface area contributed by atoms with Gasteiger partial charge in [-0.3, -0.25) is 39.4 Å². The summed E-state index contributed by atoms with van der Waals surface area (Å²) in [6, 6.07) is 1.56. The second-order valence-corrected chi connectivity index (χ2v) is 9.22. The van der Waals surface area contributed by atoms with Crippen molar-refractivity contribution >= 4 is 67.1 Å². The van der Waals surface area contributed by atoms with Gasteiger partial charge in [0.25, 0.3) is 11.4 Å². The van der Waals surface area contributed by atoms with Gasteiger partial charge in [0, 0.05) is 11.1 Å². The molecule has 0 aliphatic carbocycles. The van der Waals surface area contributed by atoms with Crippen molar-refractivity contribution in [3.8, 4) is 0 Å². The van der Waals surface area contributed by atoms with Gasteiger partial charge in [-0.15, -0.1) is 0 Å². The third-order valence-electron chi connectivity index (χ3n) is 4.91. The first-order valence-corrected chi connectivity index (χ1v) is 13.1. The average molecular weight is 670 g/mol. The van der Waals surface area contributed by atoms with Gasteiger partial charge in [-0.25, -0.2) is 0 Å². The molecule has 2 unspecified atom stereocenters. The number of carbonyl (C=O) groups excluding carboxylic acids is 4. The van der Waals surface area contributed by atoms with Gasteiger partial charge in [-0.1, -0.05) is 31.9 Å². The van der Waals surface area contributed by atoms with Crippen LogP contribution in [0.2, 0.25) is 0 Å². The third-order valence-corrected chi connectivity index (χ3v) is 6.95. The number of halogens is 2. The highest BCUT2D eigenvalue weighted by molar-refractivity contribution is 9.09. The van der Waals surface area contributed by atoms with Crippen molar-refractivity contribution < 1.29 is 48.0 Å². The minimum absolute atomic E-state index is 0.119. The van der Waals surface area contributed by atoms with Crippen molar-refractivity contribution in [1.29, 1.82) is 0 Å². The van der Waals surface area contributed by atoms with Gasteiger partial charge in [0.15, 0.2) is 11.8 Å². The van der Waals surface area contributed by atoms with Gasteiger partial charge in [0.05, 0.1) is 52.0 Å². The van der Waals surface area contributed by atoms with E-state index in [2.05, 4.69) is 31.9 Å². The zero-order valence-electron chi connectivity index (χ0n) is 20.8. The molecule has 0 saturated heterocycles. The maximum atomic E-state index is 12.6. The summed E-state index contributed by atoms with van der Waals surface area (Å²) in [5.74, 6) is -7.71. The SMILES string of the molecule is CCOC(=O)C(C(=O)OCC)C(Br)c1cc(C(Br)C(C(=O)OCC)C(=O)OCC)c([N+](=O)[O-])cc1[N+](=O)[O-]. The Morgan fingerprint density at radius 3 is 1.13 bits per heavy atom. The summed E-state index contributed by atoms with van der Waals surface area (Å²) in [4.78, 5) is 69.5. The Morgan fingerprint density at radius 1 is 0.658 bits per heavy atom. The zero-order chi connectivity index (χ0) is 29.2. The van der Waals surface area contributed by atoms with Gasteiger partial charge in [0.1, 0.15) is 0 Å². The van der Waals surface area contributed by atoms with E-state index in [4.69, 9.17) is 18.9 Å². The number of esters is 4. The van der Waals surface area contributed by atoms with E-state index >= 15 is 0 Å². The smallest absolute Gasteiger partial charge is 0.321 e. The van der Waals surface area contributed by atoms with Crippen LogP contribution in [0.5, 0.6) is 0 Å². The summed E-state index contributed by atoms with van der Waals surface area (Å²) in [6.07, 6.45) is 0. The van der Waals surface area contributed by atoms with Crippen LogP contribution in [0.3, 0.4) is 0 Å². The number of nitro groups is 2. The molecule has 0 aliphatic heterocycles. The molecule has 0 amide bonds. The van der Waals surface area contributed by atoms with Crippen LogP contribution in [0.25, 0.3) is 0 Å². The largest absolute Gasteiger partial charge is 0.465 e. The summed E-state index contributed by atoms with van der Waals surface area (Å²) < 4.78 is 19.7. The van der Waals surface area contributed by atoms with E-state index in [0.29, 0.717) is 6.07 Å². The number of hydrogen-bond donors (Lipinski definition) is 0. The number of nitrogens with zero attached hydrogens (tertiary/aromatic N) is 2. The van der Waals surface area contributed by atoms with Crippen molar-refractivity contribution in [2.24, 2.45) is 11.8 Å². The van der Waals surface area contributed by atoms with E-state index < -0.39 is 66.6 Å². The molecule has 1 aromatic rings. The Bertz CT molecular complexity index is 965. The Morgan fingerprint density at radius 2 is 0.921 bits per heavy atom. The first-order valence-electron chi connectivity index (χ1n) is 11.3. The van der Waals surface area contributed by atoms with Crippen molar-refractivity contribution in [2.75, 3.05) is 26.4 Å². The predicted octanol–water partition coefficient (Wildman–Crippen LogP) is 3.86. The number of benzene rings is 1. The Labute approximate surface area is 233 Å². The van der Waals surface area contributed by atoms with Gasteiger partial charge in [0.2, 0.25) is 0 Å². The fourth-order valence-corrected chi connectivity index (χ4v) is 4.92. The average Bonchev–Trinajstić information content (AvgIpc) is 2.83. The van der Waals surface area contributed by atoms with E-state index in [9.17, 15) is 39.4 Å². The van der Waals surface area contributed by atoms with Crippen LogP contribution in [0.1, 0.15) is 48.5 Å². The molecule has 0 aromatic heterocycles. The summed E-state index contributed by atoms with van der Waals surface area (Å²) in [6.45, 7) is 5.45. The van der Waals surface area contributed by atoms with Gasteiger partial charge >= 0.3 is 23.9 Å². The highest BCUT2D eigenvalue weighted by Gasteiger charge is 2.44. The predicted molar refractivity (Wildman–Crippen MR) is 137 cm³/mol. The van der Waals surface area contributed by atoms with Crippen LogP contribution in [0.4, 0.5) is 11.4 Å². The summed E-state index contributed by atoms with van der Waals surface area (Å²) in [5.41, 5.74) is -2.33. The van der Waals surface area contributed by atoms with Crippen molar-refractivity contribution in [3.05, 3.63) is 43.5 Å². The molecule has 0 radical (unpaired) electrons. The highest BCUT2D eigenvalue weighted by atomic mass is 79.9. The molecular weight excluding hydrogens is 644 g/mol. The minimum atomic E-state index is -1.73. The maximum absolute atomic E-state index is 12.6. The molecule has 2 atom stereocenters. The first kappa shape index (κ1) is 32.9. The van der Waals surface area contributed by atoms with Gasteiger partial charge in [-0.05, 0) is 33.8 Å². The molecule has 0 N–H and O–H groups in total. The molecule has 0 spiro atoms. The van der Waals surface area contributed by atoms with Crippen LogP contribution >= 0.6 is 31.9 Å². The summed E-state index contributed by atoms with van der Waals surface area (Å²) >= 11 is 6.26. The van der Waals surface area contributed by atoms with E-state index in [1.165, 1.54) is 27.7 Å². The molecule has 0 bridgehead atoms. The number of ether oxygens (including phenoxy) is 4. The summed E-state index contributed by atoms with van der Waals surface area (Å²) in [5, 5.41) is 23.8. The Balaban J connectivity index is 3.92. The maximum Gasteiger partial charge on any atom is 0.321 e. The van der Waals surface area contributed by atoms with Gasteiger partial charge in [-0.2, -0.15) is 0 Å². The van der Waals surface area contributed by atoms with Crippen molar-refractivity contribution in [3.63, 3.8) is 0 Å². The molecule has 16 heteroatoms. The highest BCUT2D eigenvalue weighted by Crippen LogP contribution is 2.46. The topological polar surface area (TPSA) is 191 Å². The van der Waals surface area contributed by atoms with Crippen LogP contribution in [-0.4, -0.2) is 60.2 Å². The van der Waals surface area contributed by atoms with Crippen molar-refractivity contribution in [1.82, 2.24) is 0 Å². The standard InChI is InChI=1S/C22H26Br2N2O12/c1-5-35-19(27)15(20(28)36-6-2)17(23)11-9-12(14(26(33)34)10-13(11)25(31)32)18(24)16(21(29)37-7-3)22(30)38-8-4/h9-10,15-18H,5-8H2,1-4H3. The van der Waals surface area contributed by atoms with E-state index in [1.54, 1.807) is 0 Å². The fraction of sp³-hybridized carbons (Fsp3) is 0.545.